The van der Waals surface area contributed by atoms with Crippen molar-refractivity contribution in [2.75, 3.05) is 26.7 Å². The summed E-state index contributed by atoms with van der Waals surface area (Å²) >= 11 is 0. The van der Waals surface area contributed by atoms with E-state index in [-0.39, 0.29) is 24.6 Å². The molecule has 1 N–H and O–H groups in total. The molecule has 0 spiro atoms. The molecule has 2 amide bonds. The standard InChI is InChI=1S/C24H29N3O3/c1-25-22(28)24-12-13-27(23(29)30-17-20-10-6-3-7-11-20)21(14-24)16-26(18-24)15-19-8-4-2-5-9-19/h2-11,21H,12-18H2,1H3,(H,25,28). The minimum atomic E-state index is -0.456. The van der Waals surface area contributed by atoms with Gasteiger partial charge in [-0.25, -0.2) is 4.79 Å². The molecule has 0 radical (unpaired) electrons. The van der Waals surface area contributed by atoms with Gasteiger partial charge in [-0.05, 0) is 24.0 Å². The third-order valence-electron chi connectivity index (χ3n) is 6.29. The number of nitrogens with zero attached hydrogens (tertiary/aromatic N) is 2. The maximum absolute atomic E-state index is 12.9. The molecular formula is C24H29N3O3. The molecule has 4 rings (SSSR count). The molecule has 6 nitrogen and oxygen atoms in total. The average molecular weight is 408 g/mol. The molecule has 2 heterocycles. The van der Waals surface area contributed by atoms with E-state index in [4.69, 9.17) is 4.74 Å². The Morgan fingerprint density at radius 3 is 2.40 bits per heavy atom. The van der Waals surface area contributed by atoms with Gasteiger partial charge in [-0.15, -0.1) is 0 Å². The fourth-order valence-corrected chi connectivity index (χ4v) is 4.83. The van der Waals surface area contributed by atoms with Crippen LogP contribution in [0.25, 0.3) is 0 Å². The van der Waals surface area contributed by atoms with E-state index in [1.165, 1.54) is 5.56 Å². The molecule has 2 aliphatic heterocycles. The van der Waals surface area contributed by atoms with Crippen LogP contribution in [0.3, 0.4) is 0 Å². The Bertz CT molecular complexity index is 874. The van der Waals surface area contributed by atoms with Crippen LogP contribution >= 0.6 is 0 Å². The van der Waals surface area contributed by atoms with Gasteiger partial charge < -0.3 is 15.0 Å². The molecule has 2 atom stereocenters. The zero-order chi connectivity index (χ0) is 21.0. The molecule has 158 valence electrons. The number of likely N-dealkylation sites (tertiary alicyclic amines) is 2. The molecule has 2 unspecified atom stereocenters. The third kappa shape index (κ3) is 4.33. The summed E-state index contributed by atoms with van der Waals surface area (Å²) in [4.78, 5) is 29.8. The third-order valence-corrected chi connectivity index (χ3v) is 6.29. The van der Waals surface area contributed by atoms with Gasteiger partial charge in [-0.1, -0.05) is 60.7 Å². The van der Waals surface area contributed by atoms with Gasteiger partial charge in [0.05, 0.1) is 5.41 Å². The van der Waals surface area contributed by atoms with E-state index in [0.717, 1.165) is 18.7 Å². The van der Waals surface area contributed by atoms with Gasteiger partial charge in [0.25, 0.3) is 0 Å². The summed E-state index contributed by atoms with van der Waals surface area (Å²) in [6.45, 7) is 3.03. The van der Waals surface area contributed by atoms with Crippen molar-refractivity contribution in [2.24, 2.45) is 5.41 Å². The van der Waals surface area contributed by atoms with Gasteiger partial charge in [-0.2, -0.15) is 0 Å². The molecule has 0 aromatic heterocycles. The van der Waals surface area contributed by atoms with Gasteiger partial charge in [0.2, 0.25) is 5.91 Å². The van der Waals surface area contributed by atoms with Crippen LogP contribution in [0.15, 0.2) is 60.7 Å². The van der Waals surface area contributed by atoms with Crippen LogP contribution in [0.2, 0.25) is 0 Å². The van der Waals surface area contributed by atoms with Crippen molar-refractivity contribution >= 4 is 12.0 Å². The second-order valence-corrected chi connectivity index (χ2v) is 8.36. The Balaban J connectivity index is 1.47. The first kappa shape index (κ1) is 20.4. The number of hydrogen-bond acceptors (Lipinski definition) is 4. The fraction of sp³-hybridized carbons (Fsp3) is 0.417. The molecule has 30 heavy (non-hydrogen) atoms. The molecular weight excluding hydrogens is 378 g/mol. The summed E-state index contributed by atoms with van der Waals surface area (Å²) in [6.07, 6.45) is 1.03. The number of hydrogen-bond donors (Lipinski definition) is 1. The van der Waals surface area contributed by atoms with Crippen LogP contribution in [0.5, 0.6) is 0 Å². The van der Waals surface area contributed by atoms with Gasteiger partial charge >= 0.3 is 6.09 Å². The highest BCUT2D eigenvalue weighted by molar-refractivity contribution is 5.83. The molecule has 0 aliphatic carbocycles. The van der Waals surface area contributed by atoms with Crippen molar-refractivity contribution in [1.29, 1.82) is 0 Å². The average Bonchev–Trinajstić information content (AvgIpc) is 2.78. The molecule has 2 aromatic rings. The van der Waals surface area contributed by atoms with E-state index in [9.17, 15) is 9.59 Å². The van der Waals surface area contributed by atoms with Crippen molar-refractivity contribution in [3.63, 3.8) is 0 Å². The monoisotopic (exact) mass is 407 g/mol. The van der Waals surface area contributed by atoms with Crippen molar-refractivity contribution < 1.29 is 14.3 Å². The summed E-state index contributed by atoms with van der Waals surface area (Å²) < 4.78 is 5.60. The van der Waals surface area contributed by atoms with Crippen LogP contribution in [0.1, 0.15) is 24.0 Å². The predicted molar refractivity (Wildman–Crippen MR) is 115 cm³/mol. The number of nitrogens with one attached hydrogen (secondary N) is 1. The quantitative estimate of drug-likeness (QED) is 0.828. The Labute approximate surface area is 177 Å². The van der Waals surface area contributed by atoms with E-state index in [1.54, 1.807) is 7.05 Å². The topological polar surface area (TPSA) is 61.9 Å². The number of carbonyl (C=O) groups is 2. The number of rotatable bonds is 5. The van der Waals surface area contributed by atoms with E-state index in [0.29, 0.717) is 25.9 Å². The zero-order valence-corrected chi connectivity index (χ0v) is 17.4. The van der Waals surface area contributed by atoms with E-state index in [1.807, 2.05) is 53.4 Å². The molecule has 2 aliphatic rings. The van der Waals surface area contributed by atoms with Crippen molar-refractivity contribution in [2.45, 2.75) is 32.0 Å². The SMILES string of the molecule is CNC(=O)C12CCN(C(=O)OCc3ccccc3)C(CN(Cc3ccccc3)C1)C2. The largest absolute Gasteiger partial charge is 0.445 e. The number of carbonyl (C=O) groups excluding carboxylic acids is 2. The van der Waals surface area contributed by atoms with E-state index < -0.39 is 5.41 Å². The minimum absolute atomic E-state index is 0.0308. The Morgan fingerprint density at radius 1 is 1.07 bits per heavy atom. The Kier molecular flexibility index (Phi) is 6.04. The van der Waals surface area contributed by atoms with Crippen LogP contribution in [-0.2, 0) is 22.7 Å². The summed E-state index contributed by atoms with van der Waals surface area (Å²) in [5.41, 5.74) is 1.72. The maximum atomic E-state index is 12.9. The van der Waals surface area contributed by atoms with Crippen LogP contribution in [0, 0.1) is 5.41 Å². The molecule has 6 heteroatoms. The maximum Gasteiger partial charge on any atom is 0.410 e. The highest BCUT2D eigenvalue weighted by Gasteiger charge is 2.51. The van der Waals surface area contributed by atoms with Gasteiger partial charge in [0.15, 0.2) is 0 Å². The predicted octanol–water partition coefficient (Wildman–Crippen LogP) is 3.04. The number of fused-ring (bicyclic) bond motifs is 2. The normalized spacial score (nSPS) is 23.6. The summed E-state index contributed by atoms with van der Waals surface area (Å²) in [6, 6.07) is 19.9. The first-order valence-corrected chi connectivity index (χ1v) is 10.6. The summed E-state index contributed by atoms with van der Waals surface area (Å²) in [7, 11) is 1.70. The van der Waals surface area contributed by atoms with Crippen LogP contribution in [0.4, 0.5) is 4.79 Å². The molecule has 2 bridgehead atoms. The molecule has 2 saturated heterocycles. The second-order valence-electron chi connectivity index (χ2n) is 8.36. The van der Waals surface area contributed by atoms with Gasteiger partial charge in [0.1, 0.15) is 6.61 Å². The second kappa shape index (κ2) is 8.88. The Hall–Kier alpha value is -2.86. The summed E-state index contributed by atoms with van der Waals surface area (Å²) in [5.74, 6) is 0.0718. The first-order chi connectivity index (χ1) is 14.6. The lowest BCUT2D eigenvalue weighted by Crippen LogP contribution is -2.64. The number of ether oxygens (including phenoxy) is 1. The zero-order valence-electron chi connectivity index (χ0n) is 17.4. The first-order valence-electron chi connectivity index (χ1n) is 10.6. The van der Waals surface area contributed by atoms with Gasteiger partial charge in [-0.3, -0.25) is 9.69 Å². The Morgan fingerprint density at radius 2 is 1.73 bits per heavy atom. The molecule has 2 aromatic carbocycles. The van der Waals surface area contributed by atoms with E-state index >= 15 is 0 Å². The minimum Gasteiger partial charge on any atom is -0.445 e. The molecule has 0 saturated carbocycles. The smallest absolute Gasteiger partial charge is 0.410 e. The number of amides is 2. The van der Waals surface area contributed by atoms with E-state index in [2.05, 4.69) is 22.3 Å². The lowest BCUT2D eigenvalue weighted by molar-refractivity contribution is -0.141. The van der Waals surface area contributed by atoms with Crippen molar-refractivity contribution in [1.82, 2.24) is 15.1 Å². The fourth-order valence-electron chi connectivity index (χ4n) is 4.83. The van der Waals surface area contributed by atoms with Crippen LogP contribution in [-0.4, -0.2) is 54.5 Å². The highest BCUT2D eigenvalue weighted by atomic mass is 16.6. The van der Waals surface area contributed by atoms with Crippen molar-refractivity contribution in [3.8, 4) is 0 Å². The molecule has 2 fully saturated rings. The number of piperidine rings is 2. The summed E-state index contributed by atoms with van der Waals surface area (Å²) in [5, 5.41) is 2.86. The van der Waals surface area contributed by atoms with Gasteiger partial charge in [0, 0.05) is 39.3 Å². The lowest BCUT2D eigenvalue weighted by Gasteiger charge is -2.52. The van der Waals surface area contributed by atoms with Crippen LogP contribution < -0.4 is 5.32 Å². The highest BCUT2D eigenvalue weighted by Crippen LogP contribution is 2.40. The van der Waals surface area contributed by atoms with Crippen molar-refractivity contribution in [3.05, 3.63) is 71.8 Å². The number of benzene rings is 2. The lowest BCUT2D eigenvalue weighted by atomic mass is 9.71.